The summed E-state index contributed by atoms with van der Waals surface area (Å²) in [7, 11) is 1.52. The predicted molar refractivity (Wildman–Crippen MR) is 128 cm³/mol. The maximum Gasteiger partial charge on any atom is 0.344 e. The Bertz CT molecular complexity index is 1580. The number of benzene rings is 2. The molecule has 7 nitrogen and oxygen atoms in total. The van der Waals surface area contributed by atoms with E-state index >= 15 is 0 Å². The number of aryl methyl sites for hydroxylation is 1. The number of allylic oxidation sites excluding steroid dienone is 1. The number of hydrogen-bond acceptors (Lipinski definition) is 7. The van der Waals surface area contributed by atoms with Crippen molar-refractivity contribution in [2.75, 3.05) is 7.11 Å². The minimum absolute atomic E-state index is 0.0516. The molecule has 2 aromatic carbocycles. The molecule has 1 atom stereocenters. The largest absolute Gasteiger partial charge is 0.497 e. The van der Waals surface area contributed by atoms with Crippen LogP contribution in [0.5, 0.6) is 11.5 Å². The van der Waals surface area contributed by atoms with Crippen LogP contribution in [-0.2, 0) is 0 Å². The number of nitrogens with zero attached hydrogens (tertiary/aromatic N) is 2. The summed E-state index contributed by atoms with van der Waals surface area (Å²) in [5.41, 5.74) is 9.58. The summed E-state index contributed by atoms with van der Waals surface area (Å²) in [5, 5.41) is 10.9. The lowest BCUT2D eigenvalue weighted by molar-refractivity contribution is 0.387. The van der Waals surface area contributed by atoms with E-state index in [2.05, 4.69) is 11.1 Å². The quantitative estimate of drug-likeness (QED) is 0.329. The van der Waals surface area contributed by atoms with Crippen LogP contribution in [0, 0.1) is 18.3 Å². The van der Waals surface area contributed by atoms with Crippen LogP contribution in [0.2, 0.25) is 5.15 Å². The van der Waals surface area contributed by atoms with Crippen molar-refractivity contribution in [3.63, 3.8) is 0 Å². The highest BCUT2D eigenvalue weighted by Gasteiger charge is 2.35. The molecule has 1 aliphatic heterocycles. The minimum atomic E-state index is -0.740. The molecule has 0 radical (unpaired) electrons. The molecule has 0 bridgehead atoms. The lowest BCUT2D eigenvalue weighted by Gasteiger charge is -2.26. The number of pyridine rings is 1. The molecule has 0 aliphatic carbocycles. The average molecular weight is 472 g/mol. The van der Waals surface area contributed by atoms with Crippen LogP contribution in [0.4, 0.5) is 0 Å². The van der Waals surface area contributed by atoms with Crippen molar-refractivity contribution in [2.24, 2.45) is 5.73 Å². The van der Waals surface area contributed by atoms with E-state index in [1.165, 1.54) is 7.11 Å². The third-order valence-electron chi connectivity index (χ3n) is 5.87. The molecule has 8 heteroatoms. The van der Waals surface area contributed by atoms with Gasteiger partial charge in [-0.1, -0.05) is 35.9 Å². The van der Waals surface area contributed by atoms with Gasteiger partial charge in [-0.25, -0.2) is 9.78 Å². The Morgan fingerprint density at radius 3 is 2.59 bits per heavy atom. The Balaban J connectivity index is 1.67. The normalized spacial score (nSPS) is 14.9. The van der Waals surface area contributed by atoms with Gasteiger partial charge in [0.15, 0.2) is 5.75 Å². The number of rotatable bonds is 3. The van der Waals surface area contributed by atoms with Gasteiger partial charge in [0.05, 0.1) is 24.0 Å². The summed E-state index contributed by atoms with van der Waals surface area (Å²) >= 11 is 6.05. The Hall–Kier alpha value is -4.28. The molecule has 0 saturated carbocycles. The molecular formula is C26H18ClN3O4. The summed E-state index contributed by atoms with van der Waals surface area (Å²) in [6.07, 6.45) is 1.70. The highest BCUT2D eigenvalue weighted by atomic mass is 35.5. The van der Waals surface area contributed by atoms with Crippen LogP contribution >= 0.6 is 11.6 Å². The first-order chi connectivity index (χ1) is 16.4. The molecule has 2 N–H and O–H groups in total. The van der Waals surface area contributed by atoms with Gasteiger partial charge in [0.25, 0.3) is 0 Å². The second-order valence-electron chi connectivity index (χ2n) is 7.87. The lowest BCUT2D eigenvalue weighted by Crippen LogP contribution is -2.26. The number of methoxy groups -OCH3 is 1. The van der Waals surface area contributed by atoms with Crippen LogP contribution in [0.3, 0.4) is 0 Å². The number of hydrogen-bond donors (Lipinski definition) is 1. The van der Waals surface area contributed by atoms with Crippen molar-refractivity contribution in [3.8, 4) is 28.7 Å². The lowest BCUT2D eigenvalue weighted by atomic mass is 9.83. The van der Waals surface area contributed by atoms with Gasteiger partial charge in [0, 0.05) is 17.8 Å². The number of aromatic nitrogens is 1. The van der Waals surface area contributed by atoms with Crippen molar-refractivity contribution in [3.05, 3.63) is 98.4 Å². The molecule has 4 aromatic rings. The van der Waals surface area contributed by atoms with Crippen molar-refractivity contribution in [1.29, 1.82) is 5.26 Å². The third-order valence-corrected chi connectivity index (χ3v) is 6.26. The van der Waals surface area contributed by atoms with Crippen molar-refractivity contribution >= 4 is 22.6 Å². The van der Waals surface area contributed by atoms with E-state index in [-0.39, 0.29) is 22.8 Å². The van der Waals surface area contributed by atoms with Crippen LogP contribution in [0.15, 0.2) is 75.4 Å². The monoisotopic (exact) mass is 471 g/mol. The number of fused-ring (bicyclic) bond motifs is 3. The summed E-state index contributed by atoms with van der Waals surface area (Å²) < 4.78 is 16.6. The van der Waals surface area contributed by atoms with E-state index in [1.54, 1.807) is 24.4 Å². The maximum absolute atomic E-state index is 13.1. The average Bonchev–Trinajstić information content (AvgIpc) is 2.84. The van der Waals surface area contributed by atoms with Crippen molar-refractivity contribution in [2.45, 2.75) is 12.8 Å². The fraction of sp³-hybridized carbons (Fsp3) is 0.115. The molecular weight excluding hydrogens is 454 g/mol. The van der Waals surface area contributed by atoms with Crippen LogP contribution < -0.4 is 20.8 Å². The van der Waals surface area contributed by atoms with Crippen molar-refractivity contribution in [1.82, 2.24) is 4.98 Å². The van der Waals surface area contributed by atoms with Crippen LogP contribution in [0.25, 0.3) is 22.1 Å². The Labute approximate surface area is 199 Å². The molecule has 1 aliphatic rings. The standard InChI is InChI=1S/C26H18ClN3O4/c1-13-9-16(12-30-24(13)27)14-3-5-15(6-4-14)21-19(11-28)25(29)34-23-18-8-7-17(32-2)10-20(18)33-26(31)22(21)23/h3-10,12,21H,29H2,1-2H3. The number of halogens is 1. The highest BCUT2D eigenvalue weighted by molar-refractivity contribution is 6.30. The zero-order valence-corrected chi connectivity index (χ0v) is 19.0. The SMILES string of the molecule is COc1ccc2c3c(c(=O)oc2c1)C(c1ccc(-c2cnc(Cl)c(C)c2)cc1)C(C#N)=C(N)O3. The van der Waals surface area contributed by atoms with Gasteiger partial charge in [-0.15, -0.1) is 0 Å². The van der Waals surface area contributed by atoms with Crippen molar-refractivity contribution < 1.29 is 13.9 Å². The predicted octanol–water partition coefficient (Wildman–Crippen LogP) is 5.04. The summed E-state index contributed by atoms with van der Waals surface area (Å²) in [6.45, 7) is 1.89. The second-order valence-corrected chi connectivity index (χ2v) is 8.23. The molecule has 3 heterocycles. The summed E-state index contributed by atoms with van der Waals surface area (Å²) in [6, 6.07) is 16.6. The van der Waals surface area contributed by atoms with E-state index in [4.69, 9.17) is 31.2 Å². The van der Waals surface area contributed by atoms with E-state index < -0.39 is 11.5 Å². The zero-order chi connectivity index (χ0) is 24.0. The van der Waals surface area contributed by atoms with Crippen LogP contribution in [0.1, 0.15) is 22.6 Å². The topological polar surface area (TPSA) is 111 Å². The van der Waals surface area contributed by atoms with Gasteiger partial charge in [0.1, 0.15) is 28.1 Å². The molecule has 0 amide bonds. The summed E-state index contributed by atoms with van der Waals surface area (Å²) in [5.74, 6) is 0.0173. The van der Waals surface area contributed by atoms with Gasteiger partial charge >= 0.3 is 5.63 Å². The molecule has 1 unspecified atom stereocenters. The first-order valence-electron chi connectivity index (χ1n) is 10.4. The van der Waals surface area contributed by atoms with Gasteiger partial charge in [0.2, 0.25) is 5.88 Å². The number of nitrogens with two attached hydrogens (primary N) is 1. The highest BCUT2D eigenvalue weighted by Crippen LogP contribution is 2.44. The molecule has 168 valence electrons. The van der Waals surface area contributed by atoms with Gasteiger partial charge in [-0.2, -0.15) is 5.26 Å². The molecule has 34 heavy (non-hydrogen) atoms. The molecule has 5 rings (SSSR count). The van der Waals surface area contributed by atoms with Gasteiger partial charge in [-0.05, 0) is 41.8 Å². The Morgan fingerprint density at radius 1 is 1.15 bits per heavy atom. The fourth-order valence-corrected chi connectivity index (χ4v) is 4.25. The fourth-order valence-electron chi connectivity index (χ4n) is 4.14. The Morgan fingerprint density at radius 2 is 1.91 bits per heavy atom. The zero-order valence-electron chi connectivity index (χ0n) is 18.3. The van der Waals surface area contributed by atoms with E-state index in [0.717, 1.165) is 16.7 Å². The third kappa shape index (κ3) is 3.45. The Kier molecular flexibility index (Phi) is 5.23. The second kappa shape index (κ2) is 8.25. The van der Waals surface area contributed by atoms with E-state index in [0.29, 0.717) is 27.4 Å². The molecule has 0 spiro atoms. The van der Waals surface area contributed by atoms with E-state index in [1.807, 2.05) is 37.3 Å². The molecule has 0 fully saturated rings. The summed E-state index contributed by atoms with van der Waals surface area (Å²) in [4.78, 5) is 17.3. The van der Waals surface area contributed by atoms with Gasteiger partial charge in [-0.3, -0.25) is 0 Å². The number of ether oxygens (including phenoxy) is 2. The van der Waals surface area contributed by atoms with Gasteiger partial charge < -0.3 is 19.6 Å². The molecule has 0 saturated heterocycles. The smallest absolute Gasteiger partial charge is 0.344 e. The van der Waals surface area contributed by atoms with E-state index in [9.17, 15) is 10.1 Å². The number of nitriles is 1. The first-order valence-corrected chi connectivity index (χ1v) is 10.7. The maximum atomic E-state index is 13.1. The molecule has 2 aromatic heterocycles. The van der Waals surface area contributed by atoms with Crippen LogP contribution in [-0.4, -0.2) is 12.1 Å². The minimum Gasteiger partial charge on any atom is -0.497 e. The first kappa shape index (κ1) is 21.6.